The Bertz CT molecular complexity index is 2010. The highest BCUT2D eigenvalue weighted by Gasteiger charge is 2.54. The van der Waals surface area contributed by atoms with Gasteiger partial charge in [-0.3, -0.25) is 4.79 Å². The molecule has 3 aliphatic rings. The van der Waals surface area contributed by atoms with Crippen LogP contribution in [0.1, 0.15) is 335 Å². The van der Waals surface area contributed by atoms with E-state index in [4.69, 9.17) is 28.4 Å². The number of rotatable bonds is 66. The van der Waals surface area contributed by atoms with E-state index in [1.54, 1.807) is 0 Å². The summed E-state index contributed by atoms with van der Waals surface area (Å²) < 4.78 is 34.6. The van der Waals surface area contributed by atoms with Crippen molar-refractivity contribution in [3.63, 3.8) is 0 Å². The minimum absolute atomic E-state index is 0.237. The van der Waals surface area contributed by atoms with Crippen LogP contribution in [0, 0.1) is 0 Å². The van der Waals surface area contributed by atoms with Crippen LogP contribution in [0.4, 0.5) is 0 Å². The summed E-state index contributed by atoms with van der Waals surface area (Å²) in [5.41, 5.74) is 0. The fourth-order valence-corrected chi connectivity index (χ4v) is 14.1. The van der Waals surface area contributed by atoms with E-state index in [0.29, 0.717) is 12.8 Å². The standard InChI is InChI=1S/C82H151NO18/c1-3-5-7-9-11-13-15-17-19-21-23-25-27-29-30-31-32-33-34-36-38-40-42-44-46-48-50-52-54-56-58-60-70(88)83-65(66(87)59-57-55-53-51-49-47-45-43-41-39-37-35-28-26-24-22-20-18-16-14-12-10-8-6-4-2)64-96-80-76(94)73(91)78(68(62-85)98-80)101-82-77(95)74(92)79(69(63-86)99-82)100-81-75(93)72(90)71(89)67(61-84)97-81/h5,7,11,13,17,19,23,25,65-69,71-82,84-87,89-95H,3-4,6,8-10,12,14-16,18,20-22,24,26-64H2,1-2H3,(H,83,88)/b7-5-,13-11-,19-17-,25-23-. The van der Waals surface area contributed by atoms with Crippen LogP contribution in [0.15, 0.2) is 48.6 Å². The zero-order valence-corrected chi connectivity index (χ0v) is 63.4. The van der Waals surface area contributed by atoms with Gasteiger partial charge >= 0.3 is 0 Å². The summed E-state index contributed by atoms with van der Waals surface area (Å²) in [7, 11) is 0. The smallest absolute Gasteiger partial charge is 0.220 e. The number of allylic oxidation sites excluding steroid dienone is 8. The Morgan fingerprint density at radius 1 is 0.366 bits per heavy atom. The third-order valence-electron chi connectivity index (χ3n) is 20.7. The van der Waals surface area contributed by atoms with Crippen molar-refractivity contribution in [2.75, 3.05) is 26.4 Å². The van der Waals surface area contributed by atoms with E-state index < -0.39 is 124 Å². The Hall–Kier alpha value is -2.25. The zero-order chi connectivity index (χ0) is 73.2. The van der Waals surface area contributed by atoms with Gasteiger partial charge in [-0.15, -0.1) is 0 Å². The number of carbonyl (C=O) groups is 1. The number of ether oxygens (including phenoxy) is 6. The Kier molecular flexibility index (Phi) is 57.8. The van der Waals surface area contributed by atoms with Gasteiger partial charge in [0.2, 0.25) is 5.91 Å². The lowest BCUT2D eigenvalue weighted by Gasteiger charge is -2.48. The van der Waals surface area contributed by atoms with Gasteiger partial charge in [0.25, 0.3) is 0 Å². The summed E-state index contributed by atoms with van der Waals surface area (Å²) in [4.78, 5) is 13.5. The molecule has 17 unspecified atom stereocenters. The van der Waals surface area contributed by atoms with Gasteiger partial charge in [0.15, 0.2) is 18.9 Å². The molecule has 101 heavy (non-hydrogen) atoms. The van der Waals surface area contributed by atoms with E-state index in [9.17, 15) is 61.0 Å². The number of carbonyl (C=O) groups excluding carboxylic acids is 1. The fourth-order valence-electron chi connectivity index (χ4n) is 14.1. The van der Waals surface area contributed by atoms with Crippen LogP contribution < -0.4 is 5.32 Å². The van der Waals surface area contributed by atoms with Gasteiger partial charge in [-0.2, -0.15) is 0 Å². The first-order valence-corrected chi connectivity index (χ1v) is 41.4. The number of hydrogen-bond donors (Lipinski definition) is 12. The highest BCUT2D eigenvalue weighted by atomic mass is 16.8. The molecule has 19 nitrogen and oxygen atoms in total. The third kappa shape index (κ3) is 42.8. The predicted molar refractivity (Wildman–Crippen MR) is 402 cm³/mol. The lowest BCUT2D eigenvalue weighted by atomic mass is 9.96. The largest absolute Gasteiger partial charge is 0.394 e. The molecule has 0 aromatic rings. The van der Waals surface area contributed by atoms with Gasteiger partial charge in [-0.1, -0.05) is 326 Å². The molecule has 3 rings (SSSR count). The van der Waals surface area contributed by atoms with E-state index in [0.717, 1.165) is 70.6 Å². The molecule has 17 atom stereocenters. The van der Waals surface area contributed by atoms with Crippen LogP contribution in [0.5, 0.6) is 0 Å². The normalized spacial score (nSPS) is 26.5. The average Bonchev–Trinajstić information content (AvgIpc) is 0.792. The van der Waals surface area contributed by atoms with Gasteiger partial charge in [0.05, 0.1) is 38.6 Å². The summed E-state index contributed by atoms with van der Waals surface area (Å²) in [6.45, 7) is 1.74. The molecule has 0 aromatic heterocycles. The second-order valence-corrected chi connectivity index (χ2v) is 29.6. The quantitative estimate of drug-likeness (QED) is 0.0199. The van der Waals surface area contributed by atoms with Crippen molar-refractivity contribution in [1.82, 2.24) is 5.32 Å². The first-order valence-electron chi connectivity index (χ1n) is 41.4. The number of aliphatic hydroxyl groups excluding tert-OH is 11. The molecule has 3 aliphatic heterocycles. The summed E-state index contributed by atoms with van der Waals surface area (Å²) in [6, 6.07) is -0.889. The van der Waals surface area contributed by atoms with Crippen molar-refractivity contribution in [3.8, 4) is 0 Å². The monoisotopic (exact) mass is 1440 g/mol. The summed E-state index contributed by atoms with van der Waals surface area (Å²) in [5.74, 6) is -0.237. The molecule has 3 heterocycles. The minimum Gasteiger partial charge on any atom is -0.394 e. The van der Waals surface area contributed by atoms with Gasteiger partial charge < -0.3 is 89.9 Å². The lowest BCUT2D eigenvalue weighted by Crippen LogP contribution is -2.66. The van der Waals surface area contributed by atoms with E-state index >= 15 is 0 Å². The Balaban J connectivity index is 1.35. The van der Waals surface area contributed by atoms with Crippen LogP contribution in [0.3, 0.4) is 0 Å². The van der Waals surface area contributed by atoms with Crippen molar-refractivity contribution >= 4 is 5.91 Å². The van der Waals surface area contributed by atoms with Crippen molar-refractivity contribution < 1.29 is 89.4 Å². The molecule has 3 fully saturated rings. The maximum Gasteiger partial charge on any atom is 0.220 e. The SMILES string of the molecule is CC/C=C\C/C=C\C/C=C\C/C=C\CCCCCCCCCCCCCCCCCCCCC(=O)NC(COC1OC(CO)C(OC2OC(CO)C(OC3OC(CO)C(O)C(O)C3O)C(O)C2O)C(O)C1O)C(O)CCCCCCCCCCCCCCCCCCCCCCCCCCC. The molecule has 0 saturated carbocycles. The summed E-state index contributed by atoms with van der Waals surface area (Å²) in [6.07, 6.45) is 52.0. The molecule has 19 heteroatoms. The first-order chi connectivity index (χ1) is 49.3. The highest BCUT2D eigenvalue weighted by molar-refractivity contribution is 5.76. The minimum atomic E-state index is -1.97. The summed E-state index contributed by atoms with van der Waals surface area (Å²) >= 11 is 0. The molecule has 1 amide bonds. The molecule has 3 saturated heterocycles. The molecule has 0 aliphatic carbocycles. The Morgan fingerprint density at radius 3 is 1.07 bits per heavy atom. The average molecular weight is 1440 g/mol. The van der Waals surface area contributed by atoms with Crippen molar-refractivity contribution in [2.24, 2.45) is 0 Å². The topological polar surface area (TPSA) is 307 Å². The molecule has 0 radical (unpaired) electrons. The molecular weight excluding hydrogens is 1290 g/mol. The van der Waals surface area contributed by atoms with Crippen molar-refractivity contribution in [2.45, 2.75) is 439 Å². The molecule has 12 N–H and O–H groups in total. The number of amides is 1. The molecule has 0 spiro atoms. The number of nitrogens with one attached hydrogen (secondary N) is 1. The second kappa shape index (κ2) is 62.8. The van der Waals surface area contributed by atoms with Crippen LogP contribution in [-0.4, -0.2) is 193 Å². The first kappa shape index (κ1) is 93.0. The van der Waals surface area contributed by atoms with Gasteiger partial charge in [-0.25, -0.2) is 0 Å². The molecule has 592 valence electrons. The maximum atomic E-state index is 13.5. The molecule has 0 bridgehead atoms. The number of unbranched alkanes of at least 4 members (excludes halogenated alkanes) is 42. The Morgan fingerprint density at radius 2 is 0.683 bits per heavy atom. The van der Waals surface area contributed by atoms with Crippen LogP contribution in [0.25, 0.3) is 0 Å². The number of hydrogen-bond acceptors (Lipinski definition) is 18. The van der Waals surface area contributed by atoms with Crippen LogP contribution >= 0.6 is 0 Å². The molecule has 0 aromatic carbocycles. The third-order valence-corrected chi connectivity index (χ3v) is 20.7. The van der Waals surface area contributed by atoms with E-state index in [1.807, 2.05) is 0 Å². The fraction of sp³-hybridized carbons (Fsp3) is 0.890. The summed E-state index contributed by atoms with van der Waals surface area (Å²) in [5, 5.41) is 121. The van der Waals surface area contributed by atoms with Crippen molar-refractivity contribution in [1.29, 1.82) is 0 Å². The second-order valence-electron chi connectivity index (χ2n) is 29.6. The van der Waals surface area contributed by atoms with E-state index in [1.165, 1.54) is 231 Å². The van der Waals surface area contributed by atoms with Gasteiger partial charge in [-0.05, 0) is 51.4 Å². The Labute approximate surface area is 612 Å². The van der Waals surface area contributed by atoms with Crippen LogP contribution in [0.2, 0.25) is 0 Å². The van der Waals surface area contributed by atoms with Gasteiger partial charge in [0, 0.05) is 6.42 Å². The highest BCUT2D eigenvalue weighted by Crippen LogP contribution is 2.33. The number of aliphatic hydroxyl groups is 11. The van der Waals surface area contributed by atoms with Gasteiger partial charge in [0.1, 0.15) is 73.2 Å². The maximum absolute atomic E-state index is 13.5. The van der Waals surface area contributed by atoms with Crippen molar-refractivity contribution in [3.05, 3.63) is 48.6 Å². The zero-order valence-electron chi connectivity index (χ0n) is 63.4. The van der Waals surface area contributed by atoms with E-state index in [2.05, 4.69) is 67.8 Å². The lowest BCUT2D eigenvalue weighted by molar-refractivity contribution is -0.379. The predicted octanol–water partition coefficient (Wildman–Crippen LogP) is 14.1. The molecular formula is C82H151NO18. The van der Waals surface area contributed by atoms with Crippen LogP contribution in [-0.2, 0) is 33.2 Å². The van der Waals surface area contributed by atoms with E-state index in [-0.39, 0.29) is 18.9 Å².